The summed E-state index contributed by atoms with van der Waals surface area (Å²) in [6, 6.07) is 10.1. The van der Waals surface area contributed by atoms with Crippen LogP contribution in [-0.2, 0) is 17.9 Å². The molecule has 0 spiro atoms. The van der Waals surface area contributed by atoms with E-state index < -0.39 is 0 Å². The number of hydrogen-bond donors (Lipinski definition) is 2. The minimum Gasteiger partial charge on any atom is -0.380 e. The molecule has 0 aliphatic heterocycles. The van der Waals surface area contributed by atoms with Gasteiger partial charge in [-0.2, -0.15) is 0 Å². The van der Waals surface area contributed by atoms with Crippen molar-refractivity contribution in [2.75, 3.05) is 11.1 Å². The number of nitrogens with zero attached hydrogens (tertiary/aromatic N) is 1. The minimum atomic E-state index is -0.300. The lowest BCUT2D eigenvalue weighted by Gasteiger charge is -2.10. The van der Waals surface area contributed by atoms with E-state index >= 15 is 0 Å². The number of carbonyl (C=O) groups excluding carboxylic acids is 1. The van der Waals surface area contributed by atoms with E-state index in [1.54, 1.807) is 0 Å². The van der Waals surface area contributed by atoms with Crippen LogP contribution in [0.1, 0.15) is 18.9 Å². The Morgan fingerprint density at radius 1 is 1.33 bits per heavy atom. The SMILES string of the molecule is CCCn1ccc(CNc2ccccc2SCC(N)=O)c1. The Hall–Kier alpha value is -1.88. The summed E-state index contributed by atoms with van der Waals surface area (Å²) in [6.07, 6.45) is 5.40. The van der Waals surface area contributed by atoms with Gasteiger partial charge in [0.1, 0.15) is 0 Å². The molecule has 0 unspecified atom stereocenters. The molecule has 0 atom stereocenters. The molecule has 0 fully saturated rings. The standard InChI is InChI=1S/C16H21N3OS/c1-2-8-19-9-7-13(11-19)10-18-14-5-3-4-6-15(14)21-12-16(17)20/h3-7,9,11,18H,2,8,10,12H2,1H3,(H2,17,20). The van der Waals surface area contributed by atoms with Crippen LogP contribution < -0.4 is 11.1 Å². The van der Waals surface area contributed by atoms with Crippen molar-refractivity contribution in [2.24, 2.45) is 5.73 Å². The second-order valence-electron chi connectivity index (χ2n) is 4.86. The van der Waals surface area contributed by atoms with Gasteiger partial charge < -0.3 is 15.6 Å². The number of primary amides is 1. The quantitative estimate of drug-likeness (QED) is 0.737. The fourth-order valence-corrected chi connectivity index (χ4v) is 2.85. The second kappa shape index (κ2) is 7.78. The highest BCUT2D eigenvalue weighted by molar-refractivity contribution is 8.00. The normalized spacial score (nSPS) is 10.5. The summed E-state index contributed by atoms with van der Waals surface area (Å²) in [6.45, 7) is 3.99. The van der Waals surface area contributed by atoms with Crippen LogP contribution in [0.3, 0.4) is 0 Å². The molecule has 4 nitrogen and oxygen atoms in total. The molecule has 0 radical (unpaired) electrons. The second-order valence-corrected chi connectivity index (χ2v) is 5.88. The van der Waals surface area contributed by atoms with E-state index in [1.165, 1.54) is 17.3 Å². The van der Waals surface area contributed by atoms with Crippen molar-refractivity contribution in [1.29, 1.82) is 0 Å². The predicted octanol–water partition coefficient (Wildman–Crippen LogP) is 3.09. The maximum Gasteiger partial charge on any atom is 0.227 e. The summed E-state index contributed by atoms with van der Waals surface area (Å²) in [5.41, 5.74) is 7.49. The molecule has 1 amide bonds. The molecule has 0 saturated carbocycles. The van der Waals surface area contributed by atoms with Crippen LogP contribution in [0.4, 0.5) is 5.69 Å². The van der Waals surface area contributed by atoms with Gasteiger partial charge in [-0.25, -0.2) is 0 Å². The van der Waals surface area contributed by atoms with Gasteiger partial charge >= 0.3 is 0 Å². The summed E-state index contributed by atoms with van der Waals surface area (Å²) in [4.78, 5) is 12.0. The molecule has 1 aromatic heterocycles. The van der Waals surface area contributed by atoms with Gasteiger partial charge in [-0.05, 0) is 30.2 Å². The Kier molecular flexibility index (Phi) is 5.75. The number of nitrogens with one attached hydrogen (secondary N) is 1. The van der Waals surface area contributed by atoms with Crippen LogP contribution >= 0.6 is 11.8 Å². The zero-order valence-electron chi connectivity index (χ0n) is 12.2. The number of aryl methyl sites for hydroxylation is 1. The van der Waals surface area contributed by atoms with E-state index in [2.05, 4.69) is 35.3 Å². The molecule has 0 aliphatic carbocycles. The first-order valence-electron chi connectivity index (χ1n) is 7.07. The zero-order chi connectivity index (χ0) is 15.1. The van der Waals surface area contributed by atoms with E-state index in [9.17, 15) is 4.79 Å². The number of para-hydroxylation sites is 1. The highest BCUT2D eigenvalue weighted by atomic mass is 32.2. The van der Waals surface area contributed by atoms with Crippen molar-refractivity contribution in [3.8, 4) is 0 Å². The summed E-state index contributed by atoms with van der Waals surface area (Å²) < 4.78 is 2.20. The average molecular weight is 303 g/mol. The van der Waals surface area contributed by atoms with Gasteiger partial charge in [-0.1, -0.05) is 19.1 Å². The molecule has 0 bridgehead atoms. The average Bonchev–Trinajstić information content (AvgIpc) is 2.92. The molecule has 0 aliphatic rings. The van der Waals surface area contributed by atoms with E-state index in [4.69, 9.17) is 5.73 Å². The van der Waals surface area contributed by atoms with Crippen molar-refractivity contribution in [3.63, 3.8) is 0 Å². The molecule has 2 rings (SSSR count). The fraction of sp³-hybridized carbons (Fsp3) is 0.312. The first kappa shape index (κ1) is 15.5. The van der Waals surface area contributed by atoms with Crippen molar-refractivity contribution < 1.29 is 4.79 Å². The lowest BCUT2D eigenvalue weighted by molar-refractivity contribution is -0.115. The highest BCUT2D eigenvalue weighted by Gasteiger charge is 2.04. The largest absolute Gasteiger partial charge is 0.380 e. The zero-order valence-corrected chi connectivity index (χ0v) is 13.0. The highest BCUT2D eigenvalue weighted by Crippen LogP contribution is 2.27. The van der Waals surface area contributed by atoms with Crippen LogP contribution in [0.5, 0.6) is 0 Å². The Labute approximate surface area is 129 Å². The summed E-state index contributed by atoms with van der Waals surface area (Å²) in [5, 5.41) is 3.42. The first-order valence-corrected chi connectivity index (χ1v) is 8.06. The number of anilines is 1. The molecule has 0 saturated heterocycles. The number of hydrogen-bond acceptors (Lipinski definition) is 3. The number of aromatic nitrogens is 1. The van der Waals surface area contributed by atoms with Crippen molar-refractivity contribution in [3.05, 3.63) is 48.3 Å². The van der Waals surface area contributed by atoms with Gasteiger partial charge in [-0.15, -0.1) is 11.8 Å². The molecule has 112 valence electrons. The lowest BCUT2D eigenvalue weighted by Crippen LogP contribution is -2.13. The van der Waals surface area contributed by atoms with E-state index in [0.29, 0.717) is 5.75 Å². The van der Waals surface area contributed by atoms with Crippen molar-refractivity contribution in [1.82, 2.24) is 4.57 Å². The van der Waals surface area contributed by atoms with Crippen LogP contribution in [-0.4, -0.2) is 16.2 Å². The van der Waals surface area contributed by atoms with Gasteiger partial charge in [-0.3, -0.25) is 4.79 Å². The summed E-state index contributed by atoms with van der Waals surface area (Å²) in [7, 11) is 0. The van der Waals surface area contributed by atoms with Gasteiger partial charge in [0.2, 0.25) is 5.91 Å². The third kappa shape index (κ3) is 4.86. The Morgan fingerprint density at radius 2 is 2.14 bits per heavy atom. The number of benzene rings is 1. The van der Waals surface area contributed by atoms with Crippen LogP contribution in [0.15, 0.2) is 47.6 Å². The molecule has 5 heteroatoms. The van der Waals surface area contributed by atoms with E-state index in [-0.39, 0.29) is 5.91 Å². The van der Waals surface area contributed by atoms with Crippen LogP contribution in [0.2, 0.25) is 0 Å². The molecular weight excluding hydrogens is 282 g/mol. The molecule has 3 N–H and O–H groups in total. The van der Waals surface area contributed by atoms with E-state index in [1.807, 2.05) is 24.3 Å². The minimum absolute atomic E-state index is 0.297. The van der Waals surface area contributed by atoms with Crippen molar-refractivity contribution >= 4 is 23.4 Å². The molecule has 2 aromatic rings. The topological polar surface area (TPSA) is 60.1 Å². The lowest BCUT2D eigenvalue weighted by atomic mass is 10.3. The number of thioether (sulfide) groups is 1. The molecule has 1 aromatic carbocycles. The fourth-order valence-electron chi connectivity index (χ4n) is 2.08. The van der Waals surface area contributed by atoms with E-state index in [0.717, 1.165) is 30.1 Å². The van der Waals surface area contributed by atoms with Gasteiger partial charge in [0, 0.05) is 36.1 Å². The summed E-state index contributed by atoms with van der Waals surface area (Å²) in [5.74, 6) is -0.00240. The van der Waals surface area contributed by atoms with Gasteiger partial charge in [0.05, 0.1) is 5.75 Å². The predicted molar refractivity (Wildman–Crippen MR) is 88.4 cm³/mol. The maximum absolute atomic E-state index is 10.9. The maximum atomic E-state index is 10.9. The molecule has 21 heavy (non-hydrogen) atoms. The van der Waals surface area contributed by atoms with Crippen molar-refractivity contribution in [2.45, 2.75) is 31.3 Å². The Bertz CT molecular complexity index is 595. The molecule has 1 heterocycles. The smallest absolute Gasteiger partial charge is 0.227 e. The number of rotatable bonds is 8. The van der Waals surface area contributed by atoms with Gasteiger partial charge in [0.15, 0.2) is 0 Å². The van der Waals surface area contributed by atoms with Crippen LogP contribution in [0, 0.1) is 0 Å². The number of carbonyl (C=O) groups is 1. The molecular formula is C16H21N3OS. The Morgan fingerprint density at radius 3 is 2.90 bits per heavy atom. The summed E-state index contributed by atoms with van der Waals surface area (Å²) >= 11 is 1.46. The van der Waals surface area contributed by atoms with Crippen LogP contribution in [0.25, 0.3) is 0 Å². The number of amides is 1. The Balaban J connectivity index is 1.96. The third-order valence-electron chi connectivity index (χ3n) is 3.03. The van der Waals surface area contributed by atoms with Gasteiger partial charge in [0.25, 0.3) is 0 Å². The first-order chi connectivity index (χ1) is 10.2. The third-order valence-corrected chi connectivity index (χ3v) is 4.13. The monoisotopic (exact) mass is 303 g/mol. The number of nitrogens with two attached hydrogens (primary N) is 1.